The van der Waals surface area contributed by atoms with Crippen LogP contribution in [0.3, 0.4) is 0 Å². The SMILES string of the molecule is Nc1ccc(C2CCCNC2)cc1Cl. The van der Waals surface area contributed by atoms with E-state index < -0.39 is 0 Å². The summed E-state index contributed by atoms with van der Waals surface area (Å²) in [6, 6.07) is 5.97. The van der Waals surface area contributed by atoms with Crippen LogP contribution in [-0.2, 0) is 0 Å². The fraction of sp³-hybridized carbons (Fsp3) is 0.455. The summed E-state index contributed by atoms with van der Waals surface area (Å²) in [5.74, 6) is 0.599. The maximum atomic E-state index is 5.99. The van der Waals surface area contributed by atoms with Crippen molar-refractivity contribution in [2.75, 3.05) is 18.8 Å². The molecule has 14 heavy (non-hydrogen) atoms. The number of nitrogens with two attached hydrogens (primary N) is 1. The van der Waals surface area contributed by atoms with Gasteiger partial charge in [-0.05, 0) is 43.0 Å². The lowest BCUT2D eigenvalue weighted by molar-refractivity contribution is 0.461. The molecule has 0 aromatic heterocycles. The van der Waals surface area contributed by atoms with E-state index in [1.54, 1.807) is 0 Å². The fourth-order valence-corrected chi connectivity index (χ4v) is 2.12. The maximum Gasteiger partial charge on any atom is 0.0638 e. The molecular weight excluding hydrogens is 196 g/mol. The van der Waals surface area contributed by atoms with E-state index >= 15 is 0 Å². The van der Waals surface area contributed by atoms with Gasteiger partial charge in [-0.2, -0.15) is 0 Å². The van der Waals surface area contributed by atoms with Crippen molar-refractivity contribution in [3.63, 3.8) is 0 Å². The van der Waals surface area contributed by atoms with Crippen molar-refractivity contribution < 1.29 is 0 Å². The van der Waals surface area contributed by atoms with Gasteiger partial charge in [0.05, 0.1) is 10.7 Å². The van der Waals surface area contributed by atoms with E-state index in [9.17, 15) is 0 Å². The standard InChI is InChI=1S/C11H15ClN2/c12-10-6-8(3-4-11(10)13)9-2-1-5-14-7-9/h3-4,6,9,14H,1-2,5,7,13H2. The van der Waals surface area contributed by atoms with Crippen molar-refractivity contribution in [2.45, 2.75) is 18.8 Å². The molecule has 1 aliphatic rings. The summed E-state index contributed by atoms with van der Waals surface area (Å²) >= 11 is 5.99. The first-order chi connectivity index (χ1) is 6.77. The Balaban J connectivity index is 2.18. The van der Waals surface area contributed by atoms with E-state index in [0.29, 0.717) is 16.6 Å². The molecule has 1 atom stereocenters. The first-order valence-corrected chi connectivity index (χ1v) is 5.41. The lowest BCUT2D eigenvalue weighted by atomic mass is 9.92. The van der Waals surface area contributed by atoms with Crippen LogP contribution in [0.5, 0.6) is 0 Å². The second-order valence-corrected chi connectivity index (χ2v) is 4.23. The summed E-state index contributed by atoms with van der Waals surface area (Å²) in [4.78, 5) is 0. The van der Waals surface area contributed by atoms with Crippen LogP contribution in [0.25, 0.3) is 0 Å². The molecule has 0 bridgehead atoms. The monoisotopic (exact) mass is 210 g/mol. The highest BCUT2D eigenvalue weighted by Gasteiger charge is 2.15. The van der Waals surface area contributed by atoms with E-state index in [1.807, 2.05) is 12.1 Å². The number of hydrogen-bond acceptors (Lipinski definition) is 2. The Morgan fingerprint density at radius 2 is 2.29 bits per heavy atom. The van der Waals surface area contributed by atoms with Crippen molar-refractivity contribution in [3.05, 3.63) is 28.8 Å². The Morgan fingerprint density at radius 3 is 2.93 bits per heavy atom. The van der Waals surface area contributed by atoms with Gasteiger partial charge in [-0.25, -0.2) is 0 Å². The Morgan fingerprint density at radius 1 is 1.43 bits per heavy atom. The molecule has 3 heteroatoms. The zero-order chi connectivity index (χ0) is 9.97. The molecule has 0 radical (unpaired) electrons. The number of piperidine rings is 1. The largest absolute Gasteiger partial charge is 0.398 e. The van der Waals surface area contributed by atoms with Crippen LogP contribution in [0.1, 0.15) is 24.3 Å². The van der Waals surface area contributed by atoms with Gasteiger partial charge in [0.2, 0.25) is 0 Å². The van der Waals surface area contributed by atoms with Gasteiger partial charge in [-0.3, -0.25) is 0 Å². The smallest absolute Gasteiger partial charge is 0.0638 e. The minimum absolute atomic E-state index is 0.599. The molecule has 1 aromatic carbocycles. The Kier molecular flexibility index (Phi) is 2.94. The third-order valence-corrected chi connectivity index (χ3v) is 3.12. The Hall–Kier alpha value is -0.730. The van der Waals surface area contributed by atoms with Crippen LogP contribution in [0.2, 0.25) is 5.02 Å². The van der Waals surface area contributed by atoms with Gasteiger partial charge >= 0.3 is 0 Å². The quantitative estimate of drug-likeness (QED) is 0.699. The number of anilines is 1. The lowest BCUT2D eigenvalue weighted by Gasteiger charge is -2.23. The minimum Gasteiger partial charge on any atom is -0.398 e. The van der Waals surface area contributed by atoms with E-state index in [2.05, 4.69) is 11.4 Å². The van der Waals surface area contributed by atoms with Crippen LogP contribution in [0, 0.1) is 0 Å². The molecule has 1 unspecified atom stereocenters. The molecule has 0 spiro atoms. The highest BCUT2D eigenvalue weighted by Crippen LogP contribution is 2.28. The molecule has 1 heterocycles. The van der Waals surface area contributed by atoms with E-state index in [-0.39, 0.29) is 0 Å². The molecule has 76 valence electrons. The Labute approximate surface area is 89.4 Å². The van der Waals surface area contributed by atoms with Crippen molar-refractivity contribution in [2.24, 2.45) is 0 Å². The van der Waals surface area contributed by atoms with Gasteiger partial charge in [0, 0.05) is 6.54 Å². The third-order valence-electron chi connectivity index (χ3n) is 2.79. The average molecular weight is 211 g/mol. The number of nitrogens with one attached hydrogen (secondary N) is 1. The van der Waals surface area contributed by atoms with Gasteiger partial charge in [-0.15, -0.1) is 0 Å². The molecular formula is C11H15ClN2. The predicted octanol–water partition coefficient (Wildman–Crippen LogP) is 2.39. The highest BCUT2D eigenvalue weighted by molar-refractivity contribution is 6.33. The number of halogens is 1. The molecule has 1 saturated heterocycles. The molecule has 1 aliphatic heterocycles. The highest BCUT2D eigenvalue weighted by atomic mass is 35.5. The first kappa shape index (κ1) is 9.81. The fourth-order valence-electron chi connectivity index (χ4n) is 1.93. The van der Waals surface area contributed by atoms with Crippen LogP contribution < -0.4 is 11.1 Å². The Bertz CT molecular complexity index is 319. The second-order valence-electron chi connectivity index (χ2n) is 3.82. The molecule has 0 aliphatic carbocycles. The minimum atomic E-state index is 0.599. The van der Waals surface area contributed by atoms with Gasteiger partial charge < -0.3 is 11.1 Å². The summed E-state index contributed by atoms with van der Waals surface area (Å²) < 4.78 is 0. The second kappa shape index (κ2) is 4.20. The topological polar surface area (TPSA) is 38.0 Å². The molecule has 2 rings (SSSR count). The van der Waals surface area contributed by atoms with E-state index in [1.165, 1.54) is 18.4 Å². The van der Waals surface area contributed by atoms with Gasteiger partial charge in [-0.1, -0.05) is 17.7 Å². The third kappa shape index (κ3) is 2.02. The molecule has 2 nitrogen and oxygen atoms in total. The van der Waals surface area contributed by atoms with Crippen molar-refractivity contribution in [1.82, 2.24) is 5.32 Å². The average Bonchev–Trinajstić information content (AvgIpc) is 2.23. The van der Waals surface area contributed by atoms with E-state index in [0.717, 1.165) is 13.1 Å². The first-order valence-electron chi connectivity index (χ1n) is 5.03. The number of benzene rings is 1. The van der Waals surface area contributed by atoms with E-state index in [4.69, 9.17) is 17.3 Å². The van der Waals surface area contributed by atoms with Crippen LogP contribution in [0.15, 0.2) is 18.2 Å². The van der Waals surface area contributed by atoms with Crippen LogP contribution in [0.4, 0.5) is 5.69 Å². The number of rotatable bonds is 1. The van der Waals surface area contributed by atoms with Crippen molar-refractivity contribution in [1.29, 1.82) is 0 Å². The van der Waals surface area contributed by atoms with Crippen molar-refractivity contribution >= 4 is 17.3 Å². The lowest BCUT2D eigenvalue weighted by Crippen LogP contribution is -2.28. The number of hydrogen-bond donors (Lipinski definition) is 2. The maximum absolute atomic E-state index is 5.99. The molecule has 0 saturated carbocycles. The van der Waals surface area contributed by atoms with Gasteiger partial charge in [0.25, 0.3) is 0 Å². The zero-order valence-corrected chi connectivity index (χ0v) is 8.85. The van der Waals surface area contributed by atoms with Crippen molar-refractivity contribution in [3.8, 4) is 0 Å². The van der Waals surface area contributed by atoms with Crippen LogP contribution in [-0.4, -0.2) is 13.1 Å². The van der Waals surface area contributed by atoms with Crippen LogP contribution >= 0.6 is 11.6 Å². The normalized spacial score (nSPS) is 22.2. The van der Waals surface area contributed by atoms with Gasteiger partial charge in [0.15, 0.2) is 0 Å². The summed E-state index contributed by atoms with van der Waals surface area (Å²) in [7, 11) is 0. The molecule has 0 amide bonds. The zero-order valence-electron chi connectivity index (χ0n) is 8.09. The summed E-state index contributed by atoms with van der Waals surface area (Å²) in [5, 5.41) is 4.07. The predicted molar refractivity (Wildman–Crippen MR) is 60.7 cm³/mol. The molecule has 1 aromatic rings. The molecule has 1 fully saturated rings. The summed E-state index contributed by atoms with van der Waals surface area (Å²) in [5.41, 5.74) is 7.64. The van der Waals surface area contributed by atoms with Gasteiger partial charge in [0.1, 0.15) is 0 Å². The summed E-state index contributed by atoms with van der Waals surface area (Å²) in [6.45, 7) is 2.19. The summed E-state index contributed by atoms with van der Waals surface area (Å²) in [6.07, 6.45) is 2.49. The molecule has 3 N–H and O–H groups in total. The number of nitrogen functional groups attached to an aromatic ring is 1.